The van der Waals surface area contributed by atoms with Crippen LogP contribution in [0.1, 0.15) is 21.6 Å². The van der Waals surface area contributed by atoms with Crippen molar-refractivity contribution in [1.82, 2.24) is 14.6 Å². The largest absolute Gasteiger partial charge is 0.497 e. The Labute approximate surface area is 136 Å². The van der Waals surface area contributed by atoms with Crippen molar-refractivity contribution in [1.29, 1.82) is 5.26 Å². The minimum absolute atomic E-state index is 0.232. The Morgan fingerprint density at radius 1 is 1.21 bits per heavy atom. The summed E-state index contributed by atoms with van der Waals surface area (Å²) >= 11 is 0. The molecular weight excluding hydrogens is 304 g/mol. The number of methoxy groups -OCH3 is 1. The van der Waals surface area contributed by atoms with Crippen molar-refractivity contribution in [2.24, 2.45) is 0 Å². The first-order chi connectivity index (χ1) is 11.7. The van der Waals surface area contributed by atoms with Crippen LogP contribution in [0.15, 0.2) is 48.5 Å². The molecule has 0 bridgehead atoms. The number of ether oxygens (including phenoxy) is 1. The van der Waals surface area contributed by atoms with E-state index in [1.807, 2.05) is 24.3 Å². The lowest BCUT2D eigenvalue weighted by Crippen LogP contribution is -2.04. The van der Waals surface area contributed by atoms with Gasteiger partial charge in [-0.2, -0.15) is 5.26 Å². The second kappa shape index (κ2) is 5.25. The van der Waals surface area contributed by atoms with E-state index in [1.54, 1.807) is 35.9 Å². The topological polar surface area (TPSA) is 83.2 Å². The summed E-state index contributed by atoms with van der Waals surface area (Å²) in [5.41, 5.74) is 2.99. The van der Waals surface area contributed by atoms with Crippen LogP contribution in [-0.2, 0) is 0 Å². The first kappa shape index (κ1) is 14.0. The predicted octanol–water partition coefficient (Wildman–Crippen LogP) is 2.93. The van der Waals surface area contributed by atoms with Gasteiger partial charge in [0.2, 0.25) is 5.78 Å². The number of rotatable bonds is 3. The molecular formula is C18H12N4O2. The number of nitrogens with zero attached hydrogens (tertiary/aromatic N) is 3. The number of imidazole rings is 1. The van der Waals surface area contributed by atoms with Gasteiger partial charge < -0.3 is 4.74 Å². The lowest BCUT2D eigenvalue weighted by molar-refractivity contribution is 0.103. The molecule has 0 spiro atoms. The van der Waals surface area contributed by atoms with Gasteiger partial charge >= 0.3 is 0 Å². The summed E-state index contributed by atoms with van der Waals surface area (Å²) in [4.78, 5) is 17.2. The van der Waals surface area contributed by atoms with Gasteiger partial charge in [-0.05, 0) is 36.4 Å². The Kier molecular flexibility index (Phi) is 3.07. The zero-order valence-electron chi connectivity index (χ0n) is 12.8. The van der Waals surface area contributed by atoms with Crippen molar-refractivity contribution in [2.75, 3.05) is 7.11 Å². The van der Waals surface area contributed by atoms with Crippen LogP contribution in [0.2, 0.25) is 0 Å². The number of benzene rings is 2. The summed E-state index contributed by atoms with van der Waals surface area (Å²) < 4.78 is 6.77. The van der Waals surface area contributed by atoms with E-state index in [2.05, 4.69) is 16.2 Å². The number of hydrogen-bond acceptors (Lipinski definition) is 4. The summed E-state index contributed by atoms with van der Waals surface area (Å²) in [5, 5.41) is 12.5. The molecule has 4 rings (SSSR count). The molecule has 0 aliphatic rings. The van der Waals surface area contributed by atoms with Crippen LogP contribution in [0.4, 0.5) is 0 Å². The molecule has 4 aromatic rings. The van der Waals surface area contributed by atoms with Gasteiger partial charge in [-0.1, -0.05) is 12.1 Å². The van der Waals surface area contributed by atoms with E-state index < -0.39 is 0 Å². The van der Waals surface area contributed by atoms with Crippen LogP contribution >= 0.6 is 0 Å². The Balaban J connectivity index is 1.89. The molecule has 2 aromatic carbocycles. The maximum Gasteiger partial charge on any atom is 0.212 e. The number of carbonyl (C=O) groups is 1. The predicted molar refractivity (Wildman–Crippen MR) is 88.2 cm³/mol. The number of ketones is 1. The van der Waals surface area contributed by atoms with E-state index in [0.29, 0.717) is 17.0 Å². The van der Waals surface area contributed by atoms with Gasteiger partial charge in [0.15, 0.2) is 5.65 Å². The van der Waals surface area contributed by atoms with Crippen LogP contribution in [-0.4, -0.2) is 27.5 Å². The van der Waals surface area contributed by atoms with Gasteiger partial charge in [0.1, 0.15) is 23.1 Å². The van der Waals surface area contributed by atoms with Crippen LogP contribution < -0.4 is 4.74 Å². The Bertz CT molecular complexity index is 1110. The molecule has 0 aliphatic carbocycles. The number of nitriles is 1. The first-order valence-corrected chi connectivity index (χ1v) is 7.31. The Morgan fingerprint density at radius 2 is 1.96 bits per heavy atom. The van der Waals surface area contributed by atoms with Gasteiger partial charge in [-0.25, -0.2) is 9.50 Å². The average Bonchev–Trinajstić information content (AvgIpc) is 3.16. The standard InChI is InChI=1S/C18H12N4O2/c1-24-12-8-6-11(7-9-12)17(23)16-13(10-19)18-20-14-4-2-3-5-15(14)22(18)21-16/h2-9,21H,1H3. The van der Waals surface area contributed by atoms with Crippen molar-refractivity contribution in [3.8, 4) is 11.8 Å². The molecule has 6 nitrogen and oxygen atoms in total. The van der Waals surface area contributed by atoms with Crippen LogP contribution in [0, 0.1) is 11.3 Å². The van der Waals surface area contributed by atoms with Gasteiger partial charge in [-0.3, -0.25) is 9.89 Å². The maximum absolute atomic E-state index is 12.8. The van der Waals surface area contributed by atoms with Gasteiger partial charge in [0.05, 0.1) is 18.1 Å². The molecule has 0 unspecified atom stereocenters. The summed E-state index contributed by atoms with van der Waals surface area (Å²) in [6.07, 6.45) is 0. The fourth-order valence-electron chi connectivity index (χ4n) is 2.74. The van der Waals surface area contributed by atoms with Crippen molar-refractivity contribution >= 4 is 22.5 Å². The summed E-state index contributed by atoms with van der Waals surface area (Å²) in [5.74, 6) is 0.406. The molecule has 0 atom stereocenters. The first-order valence-electron chi connectivity index (χ1n) is 7.31. The number of nitrogens with one attached hydrogen (secondary N) is 1. The maximum atomic E-state index is 12.8. The van der Waals surface area contributed by atoms with E-state index >= 15 is 0 Å². The van der Waals surface area contributed by atoms with E-state index in [0.717, 1.165) is 11.0 Å². The van der Waals surface area contributed by atoms with Gasteiger partial charge in [0, 0.05) is 5.56 Å². The highest BCUT2D eigenvalue weighted by Crippen LogP contribution is 2.23. The van der Waals surface area contributed by atoms with Crippen molar-refractivity contribution < 1.29 is 9.53 Å². The lowest BCUT2D eigenvalue weighted by atomic mass is 10.1. The van der Waals surface area contributed by atoms with Gasteiger partial charge in [0.25, 0.3) is 0 Å². The molecule has 2 heterocycles. The fourth-order valence-corrected chi connectivity index (χ4v) is 2.74. The van der Waals surface area contributed by atoms with Crippen LogP contribution in [0.5, 0.6) is 5.75 Å². The van der Waals surface area contributed by atoms with E-state index in [-0.39, 0.29) is 17.0 Å². The molecule has 24 heavy (non-hydrogen) atoms. The van der Waals surface area contributed by atoms with Crippen LogP contribution in [0.25, 0.3) is 16.7 Å². The number of aromatic amines is 1. The molecule has 116 valence electrons. The highest BCUT2D eigenvalue weighted by Gasteiger charge is 2.22. The fraction of sp³-hybridized carbons (Fsp3) is 0.0556. The third-order valence-electron chi connectivity index (χ3n) is 3.95. The zero-order valence-corrected chi connectivity index (χ0v) is 12.8. The smallest absolute Gasteiger partial charge is 0.212 e. The number of carbonyl (C=O) groups excluding carboxylic acids is 1. The summed E-state index contributed by atoms with van der Waals surface area (Å²) in [6, 6.07) is 16.4. The van der Waals surface area contributed by atoms with E-state index in [4.69, 9.17) is 4.74 Å². The highest BCUT2D eigenvalue weighted by molar-refractivity contribution is 6.10. The molecule has 0 radical (unpaired) electrons. The minimum atomic E-state index is -0.260. The SMILES string of the molecule is COc1ccc(C(=O)c2[nH]n3c(nc4ccccc43)c2C#N)cc1. The molecule has 0 aliphatic heterocycles. The third-order valence-corrected chi connectivity index (χ3v) is 3.95. The summed E-state index contributed by atoms with van der Waals surface area (Å²) in [6.45, 7) is 0. The quantitative estimate of drug-likeness (QED) is 0.589. The Morgan fingerprint density at radius 3 is 2.67 bits per heavy atom. The second-order valence-corrected chi connectivity index (χ2v) is 5.29. The zero-order chi connectivity index (χ0) is 16.7. The number of para-hydroxylation sites is 2. The number of aromatic nitrogens is 3. The molecule has 1 N–H and O–H groups in total. The van der Waals surface area contributed by atoms with E-state index in [1.165, 1.54) is 0 Å². The third kappa shape index (κ3) is 1.96. The molecule has 0 saturated carbocycles. The van der Waals surface area contributed by atoms with Crippen molar-refractivity contribution in [2.45, 2.75) is 0 Å². The van der Waals surface area contributed by atoms with Gasteiger partial charge in [-0.15, -0.1) is 0 Å². The molecule has 0 fully saturated rings. The highest BCUT2D eigenvalue weighted by atomic mass is 16.5. The molecule has 0 amide bonds. The number of fused-ring (bicyclic) bond motifs is 3. The van der Waals surface area contributed by atoms with Crippen molar-refractivity contribution in [3.63, 3.8) is 0 Å². The summed E-state index contributed by atoms with van der Waals surface area (Å²) in [7, 11) is 1.57. The van der Waals surface area contributed by atoms with E-state index in [9.17, 15) is 10.1 Å². The minimum Gasteiger partial charge on any atom is -0.497 e. The normalized spacial score (nSPS) is 10.8. The lowest BCUT2D eigenvalue weighted by Gasteiger charge is -2.02. The average molecular weight is 316 g/mol. The molecule has 0 saturated heterocycles. The number of H-pyrrole nitrogens is 1. The second-order valence-electron chi connectivity index (χ2n) is 5.29. The molecule has 6 heteroatoms. The van der Waals surface area contributed by atoms with Crippen molar-refractivity contribution in [3.05, 3.63) is 65.4 Å². The monoisotopic (exact) mass is 316 g/mol. The van der Waals surface area contributed by atoms with Crippen LogP contribution in [0.3, 0.4) is 0 Å². The Hall–Kier alpha value is -3.59. The molecule has 2 aromatic heterocycles. The number of hydrogen-bond donors (Lipinski definition) is 1.